The summed E-state index contributed by atoms with van der Waals surface area (Å²) in [6.07, 6.45) is -3.23. The molecule has 3 heterocycles. The van der Waals surface area contributed by atoms with Gasteiger partial charge in [0, 0.05) is 30.2 Å². The summed E-state index contributed by atoms with van der Waals surface area (Å²) in [5.74, 6) is -1.56. The highest BCUT2D eigenvalue weighted by molar-refractivity contribution is 6.31. The van der Waals surface area contributed by atoms with Crippen LogP contribution in [0.4, 0.5) is 0 Å². The Bertz CT molecular complexity index is 1010. The molecule has 0 bridgehead atoms. The van der Waals surface area contributed by atoms with Crippen molar-refractivity contribution in [2.75, 3.05) is 32.8 Å². The number of aryl methyl sites for hydroxylation is 1. The van der Waals surface area contributed by atoms with Gasteiger partial charge in [-0.2, -0.15) is 0 Å². The van der Waals surface area contributed by atoms with Crippen LogP contribution in [0.3, 0.4) is 0 Å². The Morgan fingerprint density at radius 3 is 2.44 bits per heavy atom. The van der Waals surface area contributed by atoms with E-state index in [2.05, 4.69) is 36.1 Å². The van der Waals surface area contributed by atoms with Gasteiger partial charge in [0.15, 0.2) is 0 Å². The first-order valence-electron chi connectivity index (χ1n) is 12.0. The van der Waals surface area contributed by atoms with Gasteiger partial charge in [0.25, 0.3) is 0 Å². The van der Waals surface area contributed by atoms with Crippen molar-refractivity contribution in [2.24, 2.45) is 0 Å². The molecule has 5 rings (SSSR count). The van der Waals surface area contributed by atoms with Crippen LogP contribution in [0, 0.1) is 0 Å². The summed E-state index contributed by atoms with van der Waals surface area (Å²) >= 11 is 6.62. The molecule has 2 saturated heterocycles. The van der Waals surface area contributed by atoms with Crippen molar-refractivity contribution < 1.29 is 29.5 Å². The van der Waals surface area contributed by atoms with E-state index in [1.165, 1.54) is 5.56 Å². The van der Waals surface area contributed by atoms with Gasteiger partial charge in [-0.25, -0.2) is 0 Å². The van der Waals surface area contributed by atoms with Crippen LogP contribution in [0.1, 0.15) is 34.7 Å². The van der Waals surface area contributed by atoms with Crippen LogP contribution in [0.2, 0.25) is 5.02 Å². The van der Waals surface area contributed by atoms with Gasteiger partial charge >= 0.3 is 0 Å². The molecule has 1 spiro atoms. The SMILES string of the molecule is CCc1ccc(Cc2cc3c(cc2Cl)CO[C@]32O[C@H](CN3CCOCC3)[C@@H](O)[C@H](O)[C@H]2O)cc1. The molecule has 3 aliphatic rings. The number of ether oxygens (including phenoxy) is 3. The summed E-state index contributed by atoms with van der Waals surface area (Å²) in [6.45, 7) is 5.38. The highest BCUT2D eigenvalue weighted by Gasteiger charge is 2.58. The topological polar surface area (TPSA) is 91.6 Å². The maximum atomic E-state index is 11.0. The smallest absolute Gasteiger partial charge is 0.225 e. The van der Waals surface area contributed by atoms with E-state index in [4.69, 9.17) is 25.8 Å². The average Bonchev–Trinajstić information content (AvgIpc) is 3.20. The molecule has 0 aliphatic carbocycles. The highest BCUT2D eigenvalue weighted by Crippen LogP contribution is 2.47. The normalized spacial score (nSPS) is 31.7. The molecule has 5 atom stereocenters. The van der Waals surface area contributed by atoms with E-state index in [-0.39, 0.29) is 6.61 Å². The number of hydrogen-bond donors (Lipinski definition) is 3. The summed E-state index contributed by atoms with van der Waals surface area (Å²) in [5, 5.41) is 33.1. The Labute approximate surface area is 204 Å². The molecule has 2 aromatic rings. The van der Waals surface area contributed by atoms with E-state index in [0.29, 0.717) is 49.9 Å². The van der Waals surface area contributed by atoms with Crippen molar-refractivity contribution in [1.82, 2.24) is 4.90 Å². The summed E-state index contributed by atoms with van der Waals surface area (Å²) in [5.41, 5.74) is 4.74. The number of aliphatic hydroxyl groups excluding tert-OH is 3. The molecule has 0 radical (unpaired) electrons. The van der Waals surface area contributed by atoms with E-state index in [1.54, 1.807) is 0 Å². The van der Waals surface area contributed by atoms with E-state index >= 15 is 0 Å². The van der Waals surface area contributed by atoms with Crippen LogP contribution in [0.25, 0.3) is 0 Å². The van der Waals surface area contributed by atoms with Crippen molar-refractivity contribution in [3.05, 3.63) is 69.2 Å². The van der Waals surface area contributed by atoms with Gasteiger partial charge in [0.1, 0.15) is 24.4 Å². The monoisotopic (exact) mass is 489 g/mol. The Hall–Kier alpha value is -1.55. The van der Waals surface area contributed by atoms with Gasteiger partial charge in [-0.15, -0.1) is 0 Å². The Morgan fingerprint density at radius 2 is 1.74 bits per heavy atom. The van der Waals surface area contributed by atoms with Crippen molar-refractivity contribution in [3.8, 4) is 0 Å². The summed E-state index contributed by atoms with van der Waals surface area (Å²) < 4.78 is 17.8. The van der Waals surface area contributed by atoms with Gasteiger partial charge in [-0.05, 0) is 47.2 Å². The molecule has 2 fully saturated rings. The number of halogens is 1. The van der Waals surface area contributed by atoms with E-state index < -0.39 is 30.2 Å². The zero-order valence-electron chi connectivity index (χ0n) is 19.3. The molecule has 3 aliphatic heterocycles. The Balaban J connectivity index is 1.45. The lowest BCUT2D eigenvalue weighted by atomic mass is 9.86. The fraction of sp³-hybridized carbons (Fsp3) is 0.538. The van der Waals surface area contributed by atoms with Crippen molar-refractivity contribution >= 4 is 11.6 Å². The number of morpholine rings is 1. The standard InChI is InChI=1S/C26H32ClNO6/c1-2-16-3-5-17(6-4-16)11-18-12-20-19(13-21(18)27)15-33-26(20)25(31)24(30)23(29)22(34-26)14-28-7-9-32-10-8-28/h3-6,12-13,22-25,29-31H,2,7-11,14-15H2,1H3/t22-,23-,24+,25-,26+/m1/s1. The fourth-order valence-electron chi connectivity index (χ4n) is 5.14. The Morgan fingerprint density at radius 1 is 1.03 bits per heavy atom. The Kier molecular flexibility index (Phi) is 6.99. The third-order valence-corrected chi connectivity index (χ3v) is 7.58. The van der Waals surface area contributed by atoms with E-state index in [0.717, 1.165) is 23.1 Å². The highest BCUT2D eigenvalue weighted by atomic mass is 35.5. The first-order valence-corrected chi connectivity index (χ1v) is 12.3. The lowest BCUT2D eigenvalue weighted by Gasteiger charge is -2.48. The third kappa shape index (κ3) is 4.40. The number of nitrogens with zero attached hydrogens (tertiary/aromatic N) is 1. The molecular weight excluding hydrogens is 458 g/mol. The third-order valence-electron chi connectivity index (χ3n) is 7.23. The number of aliphatic hydroxyl groups is 3. The second kappa shape index (κ2) is 9.84. The fourth-order valence-corrected chi connectivity index (χ4v) is 5.39. The van der Waals surface area contributed by atoms with Crippen molar-refractivity contribution in [1.29, 1.82) is 0 Å². The minimum Gasteiger partial charge on any atom is -0.388 e. The molecule has 0 unspecified atom stereocenters. The number of benzene rings is 2. The molecule has 8 heteroatoms. The van der Waals surface area contributed by atoms with Crippen LogP contribution in [-0.4, -0.2) is 77.5 Å². The van der Waals surface area contributed by atoms with Gasteiger partial charge in [0.05, 0.1) is 19.8 Å². The molecule has 34 heavy (non-hydrogen) atoms. The molecule has 184 valence electrons. The van der Waals surface area contributed by atoms with E-state index in [1.807, 2.05) is 12.1 Å². The summed E-state index contributed by atoms with van der Waals surface area (Å²) in [6, 6.07) is 12.2. The number of hydrogen-bond acceptors (Lipinski definition) is 7. The van der Waals surface area contributed by atoms with Gasteiger partial charge in [0.2, 0.25) is 5.79 Å². The molecular formula is C26H32ClNO6. The van der Waals surface area contributed by atoms with Crippen LogP contribution >= 0.6 is 11.6 Å². The molecule has 0 amide bonds. The lowest BCUT2D eigenvalue weighted by molar-refractivity contribution is -0.366. The second-order valence-corrected chi connectivity index (χ2v) is 9.81. The van der Waals surface area contributed by atoms with Gasteiger partial charge < -0.3 is 29.5 Å². The van der Waals surface area contributed by atoms with Crippen LogP contribution in [0.15, 0.2) is 36.4 Å². The van der Waals surface area contributed by atoms with Crippen LogP contribution in [0.5, 0.6) is 0 Å². The van der Waals surface area contributed by atoms with Gasteiger partial charge in [-0.3, -0.25) is 4.90 Å². The number of fused-ring (bicyclic) bond motifs is 2. The van der Waals surface area contributed by atoms with E-state index in [9.17, 15) is 15.3 Å². The first kappa shape index (κ1) is 24.2. The summed E-state index contributed by atoms with van der Waals surface area (Å²) in [4.78, 5) is 2.12. The maximum Gasteiger partial charge on any atom is 0.225 e. The zero-order valence-corrected chi connectivity index (χ0v) is 20.1. The van der Waals surface area contributed by atoms with Crippen molar-refractivity contribution in [2.45, 2.75) is 56.6 Å². The number of rotatable bonds is 5. The lowest BCUT2D eigenvalue weighted by Crippen LogP contribution is -2.64. The molecule has 0 aromatic heterocycles. The largest absolute Gasteiger partial charge is 0.388 e. The minimum atomic E-state index is -1.56. The quantitative estimate of drug-likeness (QED) is 0.591. The molecule has 7 nitrogen and oxygen atoms in total. The molecule has 3 N–H and O–H groups in total. The first-order chi connectivity index (χ1) is 16.4. The van der Waals surface area contributed by atoms with Crippen LogP contribution in [-0.2, 0) is 39.4 Å². The molecule has 0 saturated carbocycles. The average molecular weight is 490 g/mol. The second-order valence-electron chi connectivity index (χ2n) is 9.40. The maximum absolute atomic E-state index is 11.0. The van der Waals surface area contributed by atoms with Crippen LogP contribution < -0.4 is 0 Å². The zero-order chi connectivity index (χ0) is 23.9. The molecule has 2 aromatic carbocycles. The van der Waals surface area contributed by atoms with Gasteiger partial charge in [-0.1, -0.05) is 42.8 Å². The predicted molar refractivity (Wildman–Crippen MR) is 127 cm³/mol. The predicted octanol–water partition coefficient (Wildman–Crippen LogP) is 1.99. The summed E-state index contributed by atoms with van der Waals surface area (Å²) in [7, 11) is 0. The van der Waals surface area contributed by atoms with Crippen molar-refractivity contribution in [3.63, 3.8) is 0 Å². The minimum absolute atomic E-state index is 0.199.